The van der Waals surface area contributed by atoms with Crippen LogP contribution in [0.2, 0.25) is 0 Å². The van der Waals surface area contributed by atoms with Gasteiger partial charge in [0.2, 0.25) is 0 Å². The van der Waals surface area contributed by atoms with E-state index in [1.807, 2.05) is 6.92 Å². The highest BCUT2D eigenvalue weighted by molar-refractivity contribution is 5.40. The van der Waals surface area contributed by atoms with Gasteiger partial charge < -0.3 is 4.74 Å². The zero-order valence-corrected chi connectivity index (χ0v) is 10.4. The number of fused-ring (bicyclic) bond motifs is 1. The van der Waals surface area contributed by atoms with Gasteiger partial charge in [-0.15, -0.1) is 0 Å². The van der Waals surface area contributed by atoms with Crippen molar-refractivity contribution in [3.63, 3.8) is 0 Å². The summed E-state index contributed by atoms with van der Waals surface area (Å²) < 4.78 is 5.92. The molecule has 0 saturated heterocycles. The maximum absolute atomic E-state index is 5.92. The van der Waals surface area contributed by atoms with Crippen LogP contribution in [0.4, 0.5) is 0 Å². The molecule has 1 nitrogen and oxygen atoms in total. The van der Waals surface area contributed by atoms with E-state index in [-0.39, 0.29) is 6.10 Å². The number of benzene rings is 1. The molecule has 1 aromatic rings. The van der Waals surface area contributed by atoms with Gasteiger partial charge in [-0.2, -0.15) is 0 Å². The van der Waals surface area contributed by atoms with Gasteiger partial charge in [-0.1, -0.05) is 32.1 Å². The summed E-state index contributed by atoms with van der Waals surface area (Å²) in [5.74, 6) is 1.66. The highest BCUT2D eigenvalue weighted by Crippen LogP contribution is 2.30. The van der Waals surface area contributed by atoms with E-state index in [0.717, 1.165) is 18.6 Å². The van der Waals surface area contributed by atoms with E-state index in [1.54, 1.807) is 0 Å². The fourth-order valence-electron chi connectivity index (χ4n) is 2.14. The topological polar surface area (TPSA) is 9.23 Å². The smallest absolute Gasteiger partial charge is 0.123 e. The Hall–Kier alpha value is -1.24. The molecule has 0 amide bonds. The number of hydrogen-bond donors (Lipinski definition) is 0. The van der Waals surface area contributed by atoms with Crippen molar-refractivity contribution in [2.24, 2.45) is 0 Å². The van der Waals surface area contributed by atoms with Crippen molar-refractivity contribution in [2.45, 2.75) is 45.6 Å². The van der Waals surface area contributed by atoms with E-state index >= 15 is 0 Å². The number of aryl methyl sites for hydroxylation is 1. The first-order chi connectivity index (χ1) is 7.70. The summed E-state index contributed by atoms with van der Waals surface area (Å²) in [7, 11) is 0. The van der Waals surface area contributed by atoms with Gasteiger partial charge in [0, 0.05) is 0 Å². The SMILES string of the molecule is C/C=C/C1CCc2cc(C(C)C)ccc2O1. The monoisotopic (exact) mass is 216 g/mol. The van der Waals surface area contributed by atoms with E-state index in [9.17, 15) is 0 Å². The molecule has 1 heterocycles. The van der Waals surface area contributed by atoms with Gasteiger partial charge >= 0.3 is 0 Å². The summed E-state index contributed by atoms with van der Waals surface area (Å²) in [5.41, 5.74) is 2.78. The lowest BCUT2D eigenvalue weighted by atomic mass is 9.95. The van der Waals surface area contributed by atoms with E-state index in [4.69, 9.17) is 4.74 Å². The molecule has 0 saturated carbocycles. The minimum Gasteiger partial charge on any atom is -0.486 e. The maximum atomic E-state index is 5.92. The Morgan fingerprint density at radius 2 is 2.19 bits per heavy atom. The van der Waals surface area contributed by atoms with Crippen LogP contribution >= 0.6 is 0 Å². The second-order valence-corrected chi connectivity index (χ2v) is 4.74. The number of allylic oxidation sites excluding steroid dienone is 1. The molecule has 0 spiro atoms. The first-order valence-electron chi connectivity index (χ1n) is 6.13. The molecule has 1 unspecified atom stereocenters. The molecule has 86 valence electrons. The predicted molar refractivity (Wildman–Crippen MR) is 68.1 cm³/mol. The predicted octanol–water partition coefficient (Wildman–Crippen LogP) is 4.08. The Bertz CT molecular complexity index is 390. The van der Waals surface area contributed by atoms with Gasteiger partial charge in [-0.25, -0.2) is 0 Å². The fraction of sp³-hybridized carbons (Fsp3) is 0.467. The molecule has 1 aliphatic heterocycles. The summed E-state index contributed by atoms with van der Waals surface area (Å²) >= 11 is 0. The average molecular weight is 216 g/mol. The third-order valence-corrected chi connectivity index (χ3v) is 3.13. The summed E-state index contributed by atoms with van der Waals surface area (Å²) in [6, 6.07) is 6.60. The Morgan fingerprint density at radius 1 is 1.38 bits per heavy atom. The van der Waals surface area contributed by atoms with Crippen LogP contribution in [-0.2, 0) is 6.42 Å². The second-order valence-electron chi connectivity index (χ2n) is 4.74. The van der Waals surface area contributed by atoms with Gasteiger partial charge in [0.1, 0.15) is 11.9 Å². The quantitative estimate of drug-likeness (QED) is 0.677. The van der Waals surface area contributed by atoms with Crippen LogP contribution in [0.3, 0.4) is 0 Å². The van der Waals surface area contributed by atoms with Gasteiger partial charge in [-0.3, -0.25) is 0 Å². The molecule has 0 bridgehead atoms. The third-order valence-electron chi connectivity index (χ3n) is 3.13. The summed E-state index contributed by atoms with van der Waals surface area (Å²) in [4.78, 5) is 0. The van der Waals surface area contributed by atoms with Gasteiger partial charge in [0.25, 0.3) is 0 Å². The number of hydrogen-bond acceptors (Lipinski definition) is 1. The van der Waals surface area contributed by atoms with E-state index < -0.39 is 0 Å². The summed E-state index contributed by atoms with van der Waals surface area (Å²) in [6.45, 7) is 6.50. The van der Waals surface area contributed by atoms with Crippen molar-refractivity contribution >= 4 is 0 Å². The largest absolute Gasteiger partial charge is 0.486 e. The van der Waals surface area contributed by atoms with Gasteiger partial charge in [0.15, 0.2) is 0 Å². The highest BCUT2D eigenvalue weighted by atomic mass is 16.5. The maximum Gasteiger partial charge on any atom is 0.123 e. The lowest BCUT2D eigenvalue weighted by molar-refractivity contribution is 0.218. The van der Waals surface area contributed by atoms with Crippen LogP contribution in [0, 0.1) is 0 Å². The molecule has 0 radical (unpaired) electrons. The van der Waals surface area contributed by atoms with Crippen LogP contribution < -0.4 is 4.74 Å². The minimum atomic E-state index is 0.266. The first kappa shape index (κ1) is 11.3. The first-order valence-corrected chi connectivity index (χ1v) is 6.13. The van der Waals surface area contributed by atoms with E-state index in [0.29, 0.717) is 5.92 Å². The van der Waals surface area contributed by atoms with Crippen LogP contribution in [-0.4, -0.2) is 6.10 Å². The molecular weight excluding hydrogens is 196 g/mol. The lowest BCUT2D eigenvalue weighted by Gasteiger charge is -2.24. The summed E-state index contributed by atoms with van der Waals surface area (Å²) in [6.07, 6.45) is 6.70. The molecule has 1 atom stereocenters. The van der Waals surface area contributed by atoms with E-state index in [2.05, 4.69) is 44.2 Å². The van der Waals surface area contributed by atoms with E-state index in [1.165, 1.54) is 11.1 Å². The van der Waals surface area contributed by atoms with Crippen LogP contribution in [0.1, 0.15) is 44.2 Å². The van der Waals surface area contributed by atoms with Crippen molar-refractivity contribution in [3.8, 4) is 5.75 Å². The van der Waals surface area contributed by atoms with Crippen LogP contribution in [0.15, 0.2) is 30.4 Å². The highest BCUT2D eigenvalue weighted by Gasteiger charge is 2.17. The molecular formula is C15H20O. The van der Waals surface area contributed by atoms with Crippen LogP contribution in [0.5, 0.6) is 5.75 Å². The Kier molecular flexibility index (Phi) is 3.33. The second kappa shape index (κ2) is 4.73. The fourth-order valence-corrected chi connectivity index (χ4v) is 2.14. The number of ether oxygens (including phenoxy) is 1. The normalized spacial score (nSPS) is 19.9. The third kappa shape index (κ3) is 2.29. The van der Waals surface area contributed by atoms with Crippen molar-refractivity contribution in [1.29, 1.82) is 0 Å². The Balaban J connectivity index is 2.22. The van der Waals surface area contributed by atoms with Crippen molar-refractivity contribution in [2.75, 3.05) is 0 Å². The molecule has 1 heteroatoms. The lowest BCUT2D eigenvalue weighted by Crippen LogP contribution is -2.20. The van der Waals surface area contributed by atoms with Crippen molar-refractivity contribution in [1.82, 2.24) is 0 Å². The molecule has 0 fully saturated rings. The minimum absolute atomic E-state index is 0.266. The molecule has 0 aliphatic carbocycles. The zero-order chi connectivity index (χ0) is 11.5. The Morgan fingerprint density at radius 3 is 2.88 bits per heavy atom. The van der Waals surface area contributed by atoms with Gasteiger partial charge in [0.05, 0.1) is 0 Å². The molecule has 0 aromatic heterocycles. The van der Waals surface area contributed by atoms with Crippen molar-refractivity contribution < 1.29 is 4.74 Å². The zero-order valence-electron chi connectivity index (χ0n) is 10.4. The number of rotatable bonds is 2. The molecule has 0 N–H and O–H groups in total. The van der Waals surface area contributed by atoms with Crippen LogP contribution in [0.25, 0.3) is 0 Å². The Labute approximate surface area is 98.1 Å². The molecule has 1 aromatic carbocycles. The molecule has 16 heavy (non-hydrogen) atoms. The molecule has 2 rings (SSSR count). The standard InChI is InChI=1S/C15H20O/c1-4-5-14-8-6-13-10-12(11(2)3)7-9-15(13)16-14/h4-5,7,9-11,14H,6,8H2,1-3H3/b5-4+. The van der Waals surface area contributed by atoms with Gasteiger partial charge in [-0.05, 0) is 49.0 Å². The van der Waals surface area contributed by atoms with Crippen molar-refractivity contribution in [3.05, 3.63) is 41.5 Å². The average Bonchev–Trinajstić information content (AvgIpc) is 2.28. The molecule has 1 aliphatic rings. The summed E-state index contributed by atoms with van der Waals surface area (Å²) in [5, 5.41) is 0.